The van der Waals surface area contributed by atoms with E-state index < -0.39 is 10.0 Å². The Morgan fingerprint density at radius 2 is 1.32 bits per heavy atom. The summed E-state index contributed by atoms with van der Waals surface area (Å²) in [7, 11) is -3.72. The van der Waals surface area contributed by atoms with Crippen LogP contribution >= 0.6 is 0 Å². The van der Waals surface area contributed by atoms with Crippen LogP contribution in [-0.2, 0) is 21.4 Å². The van der Waals surface area contributed by atoms with Gasteiger partial charge in [-0.15, -0.1) is 0 Å². The second-order valence-electron chi connectivity index (χ2n) is 8.36. The maximum atomic E-state index is 12.7. The second kappa shape index (κ2) is 12.2. The van der Waals surface area contributed by atoms with Gasteiger partial charge in [-0.2, -0.15) is 0 Å². The number of hydrogen-bond acceptors (Lipinski definition) is 5. The van der Waals surface area contributed by atoms with Gasteiger partial charge in [0, 0.05) is 11.7 Å². The van der Waals surface area contributed by atoms with Crippen molar-refractivity contribution in [2.24, 2.45) is 0 Å². The molecule has 1 atom stereocenters. The minimum atomic E-state index is -3.72. The molecule has 4 aromatic carbocycles. The Morgan fingerprint density at radius 1 is 0.757 bits per heavy atom. The van der Waals surface area contributed by atoms with E-state index in [9.17, 15) is 13.2 Å². The van der Waals surface area contributed by atoms with Crippen LogP contribution in [0.25, 0.3) is 0 Å². The van der Waals surface area contributed by atoms with Crippen molar-refractivity contribution in [2.75, 3.05) is 11.9 Å². The molecule has 4 aromatic rings. The van der Waals surface area contributed by atoms with Crippen LogP contribution in [0, 0.1) is 0 Å². The van der Waals surface area contributed by atoms with Gasteiger partial charge in [0.2, 0.25) is 10.0 Å². The number of rotatable bonds is 11. The monoisotopic (exact) mass is 516 g/mol. The molecule has 7 nitrogen and oxygen atoms in total. The number of hydrogen-bond donors (Lipinski definition) is 2. The number of benzene rings is 4. The van der Waals surface area contributed by atoms with Gasteiger partial charge in [-0.05, 0) is 66.6 Å². The molecule has 8 heteroatoms. The fourth-order valence-corrected chi connectivity index (χ4v) is 4.78. The third-order valence-electron chi connectivity index (χ3n) is 5.52. The van der Waals surface area contributed by atoms with Gasteiger partial charge in [-0.25, -0.2) is 13.1 Å². The summed E-state index contributed by atoms with van der Waals surface area (Å²) in [5.41, 5.74) is 2.55. The highest BCUT2D eigenvalue weighted by molar-refractivity contribution is 7.89. The summed E-state index contributed by atoms with van der Waals surface area (Å²) in [6, 6.07) is 31.8. The zero-order valence-electron chi connectivity index (χ0n) is 20.3. The number of nitrogens with one attached hydrogen (secondary N) is 2. The van der Waals surface area contributed by atoms with Crippen LogP contribution in [-0.4, -0.2) is 20.9 Å². The molecule has 0 aliphatic heterocycles. The Bertz CT molecular complexity index is 1390. The predicted molar refractivity (Wildman–Crippen MR) is 143 cm³/mol. The highest BCUT2D eigenvalue weighted by Crippen LogP contribution is 2.20. The molecular weight excluding hydrogens is 488 g/mol. The van der Waals surface area contributed by atoms with E-state index >= 15 is 0 Å². The minimum absolute atomic E-state index is 0.113. The third-order valence-corrected chi connectivity index (χ3v) is 7.08. The molecule has 0 saturated heterocycles. The summed E-state index contributed by atoms with van der Waals surface area (Å²) in [6.07, 6.45) is 0. The van der Waals surface area contributed by atoms with Crippen LogP contribution in [0.2, 0.25) is 0 Å². The lowest BCUT2D eigenvalue weighted by atomic mass is 10.1. The zero-order valence-corrected chi connectivity index (χ0v) is 21.1. The Balaban J connectivity index is 1.24. The standard InChI is InChI=1S/C29H28N2O5S/c1-22(24-10-6-3-7-11-24)31-37(33,34)28-18-16-27(17-19-28)36-21-29(32)30-25-12-14-26(15-13-25)35-20-23-8-4-2-5-9-23/h2-19,22,31H,20-21H2,1H3,(H,30,32)/t22-/m1/s1. The third kappa shape index (κ3) is 7.67. The molecule has 0 fully saturated rings. The maximum Gasteiger partial charge on any atom is 0.262 e. The fraction of sp³-hybridized carbons (Fsp3) is 0.138. The molecular formula is C29H28N2O5S. The Morgan fingerprint density at radius 3 is 1.97 bits per heavy atom. The van der Waals surface area contributed by atoms with Gasteiger partial charge in [0.1, 0.15) is 18.1 Å². The van der Waals surface area contributed by atoms with E-state index in [4.69, 9.17) is 9.47 Å². The fourth-order valence-electron chi connectivity index (χ4n) is 3.55. The average Bonchev–Trinajstić information content (AvgIpc) is 2.92. The van der Waals surface area contributed by atoms with E-state index in [-0.39, 0.29) is 23.5 Å². The first-order valence-corrected chi connectivity index (χ1v) is 13.2. The zero-order chi connectivity index (χ0) is 26.1. The van der Waals surface area contributed by atoms with Crippen molar-refractivity contribution in [3.63, 3.8) is 0 Å². The van der Waals surface area contributed by atoms with Gasteiger partial charge in [0.15, 0.2) is 6.61 Å². The molecule has 1 amide bonds. The summed E-state index contributed by atoms with van der Waals surface area (Å²) in [5, 5.41) is 2.76. The van der Waals surface area contributed by atoms with Crippen molar-refractivity contribution in [3.05, 3.63) is 120 Å². The van der Waals surface area contributed by atoms with Crippen molar-refractivity contribution >= 4 is 21.6 Å². The highest BCUT2D eigenvalue weighted by Gasteiger charge is 2.18. The van der Waals surface area contributed by atoms with Gasteiger partial charge in [-0.1, -0.05) is 60.7 Å². The van der Waals surface area contributed by atoms with E-state index in [1.807, 2.05) is 60.7 Å². The molecule has 37 heavy (non-hydrogen) atoms. The van der Waals surface area contributed by atoms with Crippen molar-refractivity contribution in [3.8, 4) is 11.5 Å². The van der Waals surface area contributed by atoms with Crippen molar-refractivity contribution in [2.45, 2.75) is 24.5 Å². The van der Waals surface area contributed by atoms with E-state index in [0.717, 1.165) is 11.1 Å². The lowest BCUT2D eigenvalue weighted by molar-refractivity contribution is -0.118. The molecule has 0 aliphatic carbocycles. The van der Waals surface area contributed by atoms with E-state index in [1.54, 1.807) is 31.2 Å². The van der Waals surface area contributed by atoms with Crippen LogP contribution in [0.15, 0.2) is 114 Å². The van der Waals surface area contributed by atoms with Gasteiger partial charge < -0.3 is 14.8 Å². The molecule has 0 aromatic heterocycles. The minimum Gasteiger partial charge on any atom is -0.489 e. The Labute approximate surface area is 217 Å². The maximum absolute atomic E-state index is 12.7. The summed E-state index contributed by atoms with van der Waals surface area (Å²) in [4.78, 5) is 12.4. The van der Waals surface area contributed by atoms with Gasteiger partial charge in [0.25, 0.3) is 5.91 Å². The summed E-state index contributed by atoms with van der Waals surface area (Å²) >= 11 is 0. The molecule has 0 radical (unpaired) electrons. The van der Waals surface area contributed by atoms with Gasteiger partial charge in [-0.3, -0.25) is 4.79 Å². The highest BCUT2D eigenvalue weighted by atomic mass is 32.2. The molecule has 0 spiro atoms. The molecule has 2 N–H and O–H groups in total. The quantitative estimate of drug-likeness (QED) is 0.281. The topological polar surface area (TPSA) is 93.7 Å². The van der Waals surface area contributed by atoms with Gasteiger partial charge in [0.05, 0.1) is 4.90 Å². The molecule has 0 saturated carbocycles. The lowest BCUT2D eigenvalue weighted by Crippen LogP contribution is -2.26. The molecule has 4 rings (SSSR count). The first-order chi connectivity index (χ1) is 17.9. The van der Waals surface area contributed by atoms with Crippen LogP contribution in [0.3, 0.4) is 0 Å². The number of anilines is 1. The molecule has 0 unspecified atom stereocenters. The molecule has 0 bridgehead atoms. The Hall–Kier alpha value is -4.14. The number of carbonyl (C=O) groups excluding carboxylic acids is 1. The first kappa shape index (κ1) is 25.9. The summed E-state index contributed by atoms with van der Waals surface area (Å²) in [5.74, 6) is 0.740. The molecule has 0 aliphatic rings. The van der Waals surface area contributed by atoms with Crippen molar-refractivity contribution < 1.29 is 22.7 Å². The smallest absolute Gasteiger partial charge is 0.262 e. The van der Waals surface area contributed by atoms with E-state index in [1.165, 1.54) is 24.3 Å². The largest absolute Gasteiger partial charge is 0.489 e. The number of amides is 1. The molecule has 0 heterocycles. The van der Waals surface area contributed by atoms with Crippen LogP contribution in [0.4, 0.5) is 5.69 Å². The lowest BCUT2D eigenvalue weighted by Gasteiger charge is -2.15. The number of ether oxygens (including phenoxy) is 2. The van der Waals surface area contributed by atoms with Crippen molar-refractivity contribution in [1.29, 1.82) is 0 Å². The number of carbonyl (C=O) groups is 1. The van der Waals surface area contributed by atoms with Crippen LogP contribution in [0.5, 0.6) is 11.5 Å². The first-order valence-electron chi connectivity index (χ1n) is 11.8. The average molecular weight is 517 g/mol. The normalized spacial score (nSPS) is 11.9. The summed E-state index contributed by atoms with van der Waals surface area (Å²) < 4.78 is 39.3. The second-order valence-corrected chi connectivity index (χ2v) is 10.1. The number of sulfonamides is 1. The Kier molecular flexibility index (Phi) is 8.56. The van der Waals surface area contributed by atoms with Crippen molar-refractivity contribution in [1.82, 2.24) is 4.72 Å². The van der Waals surface area contributed by atoms with E-state index in [2.05, 4.69) is 10.0 Å². The SMILES string of the molecule is C[C@@H](NS(=O)(=O)c1ccc(OCC(=O)Nc2ccc(OCc3ccccc3)cc2)cc1)c1ccccc1. The van der Waals surface area contributed by atoms with Gasteiger partial charge >= 0.3 is 0 Å². The molecule has 190 valence electrons. The predicted octanol–water partition coefficient (Wildman–Crippen LogP) is 5.32. The van der Waals surface area contributed by atoms with Crippen LogP contribution in [0.1, 0.15) is 24.1 Å². The van der Waals surface area contributed by atoms with E-state index in [0.29, 0.717) is 23.8 Å². The summed E-state index contributed by atoms with van der Waals surface area (Å²) in [6.45, 7) is 2.03. The van der Waals surface area contributed by atoms with Crippen LogP contribution < -0.4 is 19.5 Å².